The molecule has 0 bridgehead atoms. The highest BCUT2D eigenvalue weighted by atomic mass is 16.6. The average Bonchev–Trinajstić information content (AvgIpc) is 3.41. The van der Waals surface area contributed by atoms with Gasteiger partial charge in [0, 0.05) is 0 Å². The van der Waals surface area contributed by atoms with Crippen LogP contribution in [-0.2, 0) is 14.2 Å². The van der Waals surface area contributed by atoms with E-state index < -0.39 is 42.4 Å². The zero-order chi connectivity index (χ0) is 22.7. The van der Waals surface area contributed by atoms with Gasteiger partial charge in [0.15, 0.2) is 18.4 Å². The van der Waals surface area contributed by atoms with Crippen LogP contribution in [0.15, 0.2) is 67.0 Å². The number of nitrogens with zero attached hydrogens (tertiary/aromatic N) is 3. The van der Waals surface area contributed by atoms with Crippen LogP contribution >= 0.6 is 0 Å². The summed E-state index contributed by atoms with van der Waals surface area (Å²) < 4.78 is 18.5. The van der Waals surface area contributed by atoms with Gasteiger partial charge in [0.2, 0.25) is 5.82 Å². The van der Waals surface area contributed by atoms with Gasteiger partial charge in [-0.2, -0.15) is 0 Å². The summed E-state index contributed by atoms with van der Waals surface area (Å²) in [5.74, 6) is -2.27. The third kappa shape index (κ3) is 4.35. The summed E-state index contributed by atoms with van der Waals surface area (Å²) in [4.78, 5) is 40.7. The number of hydrogen-bond acceptors (Lipinski definition) is 8. The standard InChI is InChI=1S/C22H20N4O6/c1-13-16(31-21(28)14-8-4-2-5-9-14)17(32-22(29)15-10-6-3-7-11-15)20(30-13)26-12-24-19(25-26)18(23)27/h2-13,16-17,20H,1H3,(H2,23,27)/t13?,16-,17-,20-/m1/s1. The van der Waals surface area contributed by atoms with Crippen LogP contribution in [0.4, 0.5) is 0 Å². The van der Waals surface area contributed by atoms with Crippen molar-refractivity contribution in [1.82, 2.24) is 14.8 Å². The van der Waals surface area contributed by atoms with Gasteiger partial charge < -0.3 is 19.9 Å². The van der Waals surface area contributed by atoms with Crippen molar-refractivity contribution >= 4 is 17.8 Å². The van der Waals surface area contributed by atoms with Crippen LogP contribution in [0.2, 0.25) is 0 Å². The minimum atomic E-state index is -1.06. The summed E-state index contributed by atoms with van der Waals surface area (Å²) in [5, 5.41) is 4.00. The van der Waals surface area contributed by atoms with Gasteiger partial charge in [-0.15, -0.1) is 5.10 Å². The monoisotopic (exact) mass is 436 g/mol. The molecule has 32 heavy (non-hydrogen) atoms. The maximum atomic E-state index is 12.8. The van der Waals surface area contributed by atoms with E-state index in [1.807, 2.05) is 0 Å². The Bertz CT molecular complexity index is 1120. The van der Waals surface area contributed by atoms with Crippen LogP contribution in [-0.4, -0.2) is 50.9 Å². The number of primary amides is 1. The zero-order valence-corrected chi connectivity index (χ0v) is 17.0. The van der Waals surface area contributed by atoms with Crippen molar-refractivity contribution in [1.29, 1.82) is 0 Å². The summed E-state index contributed by atoms with van der Waals surface area (Å²) in [5.41, 5.74) is 5.89. The normalized spacial score (nSPS) is 22.3. The average molecular weight is 436 g/mol. The molecule has 4 rings (SSSR count). The second-order valence-corrected chi connectivity index (χ2v) is 7.12. The predicted octanol–water partition coefficient (Wildman–Crippen LogP) is 1.75. The van der Waals surface area contributed by atoms with Crippen molar-refractivity contribution in [3.63, 3.8) is 0 Å². The van der Waals surface area contributed by atoms with Crippen LogP contribution in [0.3, 0.4) is 0 Å². The highest BCUT2D eigenvalue weighted by Gasteiger charge is 2.49. The van der Waals surface area contributed by atoms with Gasteiger partial charge >= 0.3 is 11.9 Å². The van der Waals surface area contributed by atoms with E-state index in [-0.39, 0.29) is 5.82 Å². The highest BCUT2D eigenvalue weighted by Crippen LogP contribution is 2.34. The number of nitrogens with two attached hydrogens (primary N) is 1. The van der Waals surface area contributed by atoms with Crippen LogP contribution < -0.4 is 5.73 Å². The molecule has 2 N–H and O–H groups in total. The topological polar surface area (TPSA) is 136 Å². The first-order chi connectivity index (χ1) is 15.4. The largest absolute Gasteiger partial charge is 0.452 e. The number of ether oxygens (including phenoxy) is 3. The predicted molar refractivity (Wildman–Crippen MR) is 109 cm³/mol. The minimum absolute atomic E-state index is 0.223. The Labute approximate surface area is 182 Å². The molecule has 4 atom stereocenters. The van der Waals surface area contributed by atoms with E-state index in [0.29, 0.717) is 11.1 Å². The van der Waals surface area contributed by atoms with Gasteiger partial charge in [-0.05, 0) is 31.2 Å². The lowest BCUT2D eigenvalue weighted by Gasteiger charge is -2.23. The molecule has 1 fully saturated rings. The fraction of sp³-hybridized carbons (Fsp3) is 0.227. The summed E-state index contributed by atoms with van der Waals surface area (Å²) in [6.45, 7) is 1.68. The van der Waals surface area contributed by atoms with Gasteiger partial charge in [0.05, 0.1) is 17.2 Å². The number of hydrogen-bond donors (Lipinski definition) is 1. The van der Waals surface area contributed by atoms with E-state index in [1.165, 1.54) is 11.0 Å². The van der Waals surface area contributed by atoms with Gasteiger partial charge in [0.25, 0.3) is 5.91 Å². The maximum Gasteiger partial charge on any atom is 0.338 e. The van der Waals surface area contributed by atoms with E-state index in [2.05, 4.69) is 10.1 Å². The highest BCUT2D eigenvalue weighted by molar-refractivity contribution is 5.90. The zero-order valence-electron chi connectivity index (χ0n) is 17.0. The number of benzene rings is 2. The molecule has 0 spiro atoms. The maximum absolute atomic E-state index is 12.8. The quantitative estimate of drug-likeness (QED) is 0.577. The molecule has 0 radical (unpaired) electrons. The van der Waals surface area contributed by atoms with Crippen molar-refractivity contribution in [3.8, 4) is 0 Å². The fourth-order valence-electron chi connectivity index (χ4n) is 3.35. The molecule has 164 valence electrons. The Morgan fingerprint density at radius 1 is 0.906 bits per heavy atom. The number of carbonyl (C=O) groups excluding carboxylic acids is 3. The minimum Gasteiger partial charge on any atom is -0.452 e. The van der Waals surface area contributed by atoms with Crippen molar-refractivity contribution in [2.45, 2.75) is 31.5 Å². The molecule has 1 aliphatic rings. The van der Waals surface area contributed by atoms with Crippen LogP contribution in [0, 0.1) is 0 Å². The summed E-state index contributed by atoms with van der Waals surface area (Å²) >= 11 is 0. The van der Waals surface area contributed by atoms with Gasteiger partial charge in [-0.25, -0.2) is 19.3 Å². The van der Waals surface area contributed by atoms with E-state index in [9.17, 15) is 14.4 Å². The Morgan fingerprint density at radius 2 is 1.44 bits per heavy atom. The van der Waals surface area contributed by atoms with Gasteiger partial charge in [-0.3, -0.25) is 4.79 Å². The molecule has 2 aromatic carbocycles. The molecule has 1 aromatic heterocycles. The van der Waals surface area contributed by atoms with E-state index >= 15 is 0 Å². The molecule has 1 saturated heterocycles. The molecular formula is C22H20N4O6. The molecule has 1 aliphatic heterocycles. The van der Waals surface area contributed by atoms with E-state index in [4.69, 9.17) is 19.9 Å². The summed E-state index contributed by atoms with van der Waals surface area (Å²) in [6.07, 6.45) is -2.41. The molecule has 10 heteroatoms. The van der Waals surface area contributed by atoms with Crippen LogP contribution in [0.5, 0.6) is 0 Å². The Balaban J connectivity index is 1.62. The first-order valence-corrected chi connectivity index (χ1v) is 9.82. The lowest BCUT2D eigenvalue weighted by molar-refractivity contribution is -0.0544. The van der Waals surface area contributed by atoms with Crippen molar-refractivity contribution in [2.24, 2.45) is 5.73 Å². The Kier molecular flexibility index (Phi) is 5.95. The Morgan fingerprint density at radius 3 is 1.94 bits per heavy atom. The molecular weight excluding hydrogens is 416 g/mol. The SMILES string of the molecule is CC1O[C@@H](n2cnc(C(N)=O)n2)[C@H](OC(=O)c2ccccc2)[C@@H]1OC(=O)c1ccccc1. The third-order valence-corrected chi connectivity index (χ3v) is 4.92. The van der Waals surface area contributed by atoms with E-state index in [1.54, 1.807) is 67.6 Å². The van der Waals surface area contributed by atoms with Gasteiger partial charge in [-0.1, -0.05) is 36.4 Å². The van der Waals surface area contributed by atoms with E-state index in [0.717, 1.165) is 0 Å². The lowest BCUT2D eigenvalue weighted by Crippen LogP contribution is -2.39. The lowest BCUT2D eigenvalue weighted by atomic mass is 10.1. The number of rotatable bonds is 6. The number of esters is 2. The molecule has 2 heterocycles. The van der Waals surface area contributed by atoms with Crippen LogP contribution in [0.1, 0.15) is 44.5 Å². The number of carbonyl (C=O) groups is 3. The number of aromatic nitrogens is 3. The van der Waals surface area contributed by atoms with Crippen molar-refractivity contribution in [2.75, 3.05) is 0 Å². The Hall–Kier alpha value is -4.05. The first-order valence-electron chi connectivity index (χ1n) is 9.82. The molecule has 10 nitrogen and oxygen atoms in total. The molecule has 0 aliphatic carbocycles. The molecule has 0 saturated carbocycles. The van der Waals surface area contributed by atoms with Crippen molar-refractivity contribution in [3.05, 3.63) is 83.9 Å². The summed E-state index contributed by atoms with van der Waals surface area (Å²) in [6, 6.07) is 16.8. The van der Waals surface area contributed by atoms with Crippen molar-refractivity contribution < 1.29 is 28.6 Å². The summed E-state index contributed by atoms with van der Waals surface area (Å²) in [7, 11) is 0. The van der Waals surface area contributed by atoms with Crippen LogP contribution in [0.25, 0.3) is 0 Å². The first kappa shape index (κ1) is 21.2. The van der Waals surface area contributed by atoms with Gasteiger partial charge in [0.1, 0.15) is 6.33 Å². The number of amides is 1. The molecule has 3 aromatic rings. The molecule has 1 unspecified atom stereocenters. The fourth-order valence-corrected chi connectivity index (χ4v) is 3.35. The second kappa shape index (κ2) is 8.98. The second-order valence-electron chi connectivity index (χ2n) is 7.12. The molecule has 1 amide bonds. The third-order valence-electron chi connectivity index (χ3n) is 4.92. The smallest absolute Gasteiger partial charge is 0.338 e.